The fourth-order valence-electron chi connectivity index (χ4n) is 2.84. The highest BCUT2D eigenvalue weighted by atomic mass is 32.2. The zero-order valence-corrected chi connectivity index (χ0v) is 14.1. The smallest absolute Gasteiger partial charge is 0.337 e. The molecule has 0 aromatic heterocycles. The van der Waals surface area contributed by atoms with Crippen LogP contribution >= 0.6 is 0 Å². The van der Waals surface area contributed by atoms with Crippen LogP contribution in [0.15, 0.2) is 36.4 Å². The molecule has 0 aliphatic carbocycles. The van der Waals surface area contributed by atoms with Crippen molar-refractivity contribution in [1.82, 2.24) is 0 Å². The van der Waals surface area contributed by atoms with E-state index in [1.54, 1.807) is 24.3 Å². The van der Waals surface area contributed by atoms with Crippen LogP contribution in [0.3, 0.4) is 0 Å². The summed E-state index contributed by atoms with van der Waals surface area (Å²) in [5.74, 6) is -0.145. The zero-order chi connectivity index (χ0) is 17.3. The van der Waals surface area contributed by atoms with Gasteiger partial charge in [0.05, 0.1) is 25.3 Å². The normalized spacial score (nSPS) is 13.4. The maximum absolute atomic E-state index is 12.4. The Morgan fingerprint density at radius 3 is 1.62 bits per heavy atom. The molecule has 0 unspecified atom stereocenters. The van der Waals surface area contributed by atoms with E-state index in [1.165, 1.54) is 14.2 Å². The lowest BCUT2D eigenvalue weighted by Crippen LogP contribution is -2.03. The van der Waals surface area contributed by atoms with Crippen molar-refractivity contribution in [2.75, 3.05) is 14.2 Å². The van der Waals surface area contributed by atoms with E-state index in [0.29, 0.717) is 22.6 Å². The average molecular weight is 344 g/mol. The summed E-state index contributed by atoms with van der Waals surface area (Å²) >= 11 is 0. The number of hydrogen-bond acceptors (Lipinski definition) is 5. The molecule has 0 saturated heterocycles. The van der Waals surface area contributed by atoms with Gasteiger partial charge in [0.1, 0.15) is 0 Å². The minimum Gasteiger partial charge on any atom is -0.465 e. The lowest BCUT2D eigenvalue weighted by atomic mass is 9.94. The molecule has 0 N–H and O–H groups in total. The first-order valence-corrected chi connectivity index (χ1v) is 8.80. The quantitative estimate of drug-likeness (QED) is 0.784. The van der Waals surface area contributed by atoms with Crippen molar-refractivity contribution >= 4 is 22.7 Å². The van der Waals surface area contributed by atoms with Gasteiger partial charge >= 0.3 is 11.9 Å². The highest BCUT2D eigenvalue weighted by Crippen LogP contribution is 2.34. The van der Waals surface area contributed by atoms with Crippen molar-refractivity contribution in [1.29, 1.82) is 0 Å². The van der Waals surface area contributed by atoms with Gasteiger partial charge in [0.25, 0.3) is 0 Å². The molecular weight excluding hydrogens is 328 g/mol. The maximum Gasteiger partial charge on any atom is 0.337 e. The van der Waals surface area contributed by atoms with Crippen molar-refractivity contribution in [2.24, 2.45) is 0 Å². The number of methoxy groups -OCH3 is 2. The Balaban J connectivity index is 2.14. The first kappa shape index (κ1) is 16.4. The summed E-state index contributed by atoms with van der Waals surface area (Å²) in [6.45, 7) is 0. The number of carbonyl (C=O) groups is 2. The Hall–Kier alpha value is -2.47. The first-order valence-electron chi connectivity index (χ1n) is 7.31. The highest BCUT2D eigenvalue weighted by Gasteiger charge is 2.21. The molecular formula is C18H16O5S. The van der Waals surface area contributed by atoms with Crippen molar-refractivity contribution < 1.29 is 23.3 Å². The summed E-state index contributed by atoms with van der Waals surface area (Å²) in [5.41, 5.74) is 4.37. The van der Waals surface area contributed by atoms with E-state index >= 15 is 0 Å². The number of rotatable bonds is 2. The van der Waals surface area contributed by atoms with Crippen LogP contribution in [-0.2, 0) is 31.8 Å². The predicted molar refractivity (Wildman–Crippen MR) is 90.1 cm³/mol. The fraction of sp³-hybridized carbons (Fsp3) is 0.222. The van der Waals surface area contributed by atoms with E-state index in [2.05, 4.69) is 0 Å². The maximum atomic E-state index is 12.4. The number of benzene rings is 2. The summed E-state index contributed by atoms with van der Waals surface area (Å²) in [4.78, 5) is 23.4. The first-order chi connectivity index (χ1) is 11.5. The van der Waals surface area contributed by atoms with E-state index in [4.69, 9.17) is 9.47 Å². The van der Waals surface area contributed by atoms with Crippen LogP contribution in [0.1, 0.15) is 31.8 Å². The molecule has 2 aromatic rings. The minimum atomic E-state index is -1.13. The molecule has 1 aliphatic heterocycles. The van der Waals surface area contributed by atoms with Gasteiger partial charge in [-0.2, -0.15) is 0 Å². The van der Waals surface area contributed by atoms with Gasteiger partial charge < -0.3 is 9.47 Å². The Bertz CT molecular complexity index is 787. The van der Waals surface area contributed by atoms with Crippen LogP contribution < -0.4 is 0 Å². The summed E-state index contributed by atoms with van der Waals surface area (Å²) in [7, 11) is 1.53. The molecule has 5 nitrogen and oxygen atoms in total. The summed E-state index contributed by atoms with van der Waals surface area (Å²) < 4.78 is 21.9. The van der Waals surface area contributed by atoms with Gasteiger partial charge in [-0.3, -0.25) is 4.21 Å². The van der Waals surface area contributed by atoms with Gasteiger partial charge in [-0.15, -0.1) is 0 Å². The predicted octanol–water partition coefficient (Wildman–Crippen LogP) is 2.69. The number of carbonyl (C=O) groups excluding carboxylic acids is 2. The Morgan fingerprint density at radius 1 is 0.833 bits per heavy atom. The third kappa shape index (κ3) is 2.97. The van der Waals surface area contributed by atoms with Crippen molar-refractivity contribution in [3.05, 3.63) is 58.7 Å². The summed E-state index contributed by atoms with van der Waals surface area (Å²) in [6.07, 6.45) is 0. The third-order valence-electron chi connectivity index (χ3n) is 3.98. The molecule has 6 heteroatoms. The summed E-state index contributed by atoms with van der Waals surface area (Å²) in [6, 6.07) is 10.5. The van der Waals surface area contributed by atoms with E-state index in [0.717, 1.165) is 22.3 Å². The lowest BCUT2D eigenvalue weighted by Gasteiger charge is -2.11. The molecule has 0 fully saturated rings. The monoisotopic (exact) mass is 344 g/mol. The van der Waals surface area contributed by atoms with Crippen LogP contribution in [0.25, 0.3) is 11.1 Å². The van der Waals surface area contributed by atoms with Gasteiger partial charge in [-0.05, 0) is 46.5 Å². The second kappa shape index (κ2) is 6.57. The summed E-state index contributed by atoms with van der Waals surface area (Å²) in [5, 5.41) is 0. The van der Waals surface area contributed by atoms with Crippen molar-refractivity contribution in [2.45, 2.75) is 11.5 Å². The molecule has 0 amide bonds. The van der Waals surface area contributed by atoms with E-state index in [9.17, 15) is 13.8 Å². The molecule has 0 saturated carbocycles. The van der Waals surface area contributed by atoms with E-state index < -0.39 is 22.7 Å². The molecule has 1 aliphatic rings. The molecule has 124 valence electrons. The highest BCUT2D eigenvalue weighted by molar-refractivity contribution is 7.83. The second-order valence-corrected chi connectivity index (χ2v) is 6.91. The number of fused-ring (bicyclic) bond motifs is 3. The van der Waals surface area contributed by atoms with Crippen LogP contribution in [0, 0.1) is 0 Å². The second-order valence-electron chi connectivity index (χ2n) is 5.46. The Labute approximate surface area is 142 Å². The number of ether oxygens (including phenoxy) is 2. The van der Waals surface area contributed by atoms with Gasteiger partial charge in [0, 0.05) is 22.3 Å². The van der Waals surface area contributed by atoms with Crippen molar-refractivity contribution in [3.63, 3.8) is 0 Å². The average Bonchev–Trinajstić information content (AvgIpc) is 2.73. The molecule has 0 atom stereocenters. The lowest BCUT2D eigenvalue weighted by molar-refractivity contribution is 0.0591. The topological polar surface area (TPSA) is 69.7 Å². The van der Waals surface area contributed by atoms with Crippen LogP contribution in [0.2, 0.25) is 0 Å². The number of esters is 2. The van der Waals surface area contributed by atoms with E-state index in [-0.39, 0.29) is 0 Å². The van der Waals surface area contributed by atoms with Crippen molar-refractivity contribution in [3.8, 4) is 11.1 Å². The molecule has 0 spiro atoms. The number of hydrogen-bond donors (Lipinski definition) is 0. The molecule has 3 rings (SSSR count). The Kier molecular flexibility index (Phi) is 4.49. The van der Waals surface area contributed by atoms with Gasteiger partial charge in [-0.1, -0.05) is 12.1 Å². The Morgan fingerprint density at radius 2 is 1.25 bits per heavy atom. The van der Waals surface area contributed by atoms with Gasteiger partial charge in [-0.25, -0.2) is 9.59 Å². The molecule has 0 bridgehead atoms. The molecule has 2 aromatic carbocycles. The molecule has 0 radical (unpaired) electrons. The molecule has 1 heterocycles. The largest absolute Gasteiger partial charge is 0.465 e. The van der Waals surface area contributed by atoms with Gasteiger partial charge in [0.2, 0.25) is 0 Å². The van der Waals surface area contributed by atoms with Crippen LogP contribution in [0.5, 0.6) is 0 Å². The molecule has 24 heavy (non-hydrogen) atoms. The zero-order valence-electron chi connectivity index (χ0n) is 13.3. The van der Waals surface area contributed by atoms with Gasteiger partial charge in [0.15, 0.2) is 0 Å². The third-order valence-corrected chi connectivity index (χ3v) is 5.24. The fourth-order valence-corrected chi connectivity index (χ4v) is 4.11. The van der Waals surface area contributed by atoms with Crippen LogP contribution in [-0.4, -0.2) is 30.4 Å². The van der Waals surface area contributed by atoms with Crippen LogP contribution in [0.4, 0.5) is 0 Å². The van der Waals surface area contributed by atoms with E-state index in [1.807, 2.05) is 12.1 Å². The standard InChI is InChI=1S/C18H16O5S/c1-22-17(19)11-3-5-15-13(7-11)9-24(21)10-14-8-12(18(20)23-2)4-6-16(14)15/h3-8H,9-10H2,1-2H3. The minimum absolute atomic E-state index is 0.350. The SMILES string of the molecule is COC(=O)c1ccc2c(c1)CS(=O)Cc1cc(C(=O)OC)ccc1-2.